The second kappa shape index (κ2) is 15.1. The Hall–Kier alpha value is -3.07. The number of nitrogens with one attached hydrogen (secondary N) is 1. The lowest BCUT2D eigenvalue weighted by Gasteiger charge is -2.33. The van der Waals surface area contributed by atoms with Gasteiger partial charge in [-0.05, 0) is 67.1 Å². The third-order valence-corrected chi connectivity index (χ3v) is 9.50. The maximum absolute atomic E-state index is 14.0. The first kappa shape index (κ1) is 32.8. The van der Waals surface area contributed by atoms with Crippen LogP contribution in [0.1, 0.15) is 55.2 Å². The van der Waals surface area contributed by atoms with Crippen molar-refractivity contribution in [3.63, 3.8) is 0 Å². The fraction of sp³-hybridized carbons (Fsp3) is 0.394. The van der Waals surface area contributed by atoms with Crippen LogP contribution in [-0.4, -0.2) is 50.0 Å². The molecule has 1 saturated carbocycles. The minimum Gasteiger partial charge on any atom is -0.352 e. The summed E-state index contributed by atoms with van der Waals surface area (Å²) in [6.07, 6.45) is 5.83. The van der Waals surface area contributed by atoms with Gasteiger partial charge in [0.15, 0.2) is 0 Å². The number of benzene rings is 3. The summed E-state index contributed by atoms with van der Waals surface area (Å²) in [5.41, 5.74) is 3.04. The topological polar surface area (TPSA) is 86.8 Å². The minimum absolute atomic E-state index is 0.0568. The Bertz CT molecular complexity index is 1490. The van der Waals surface area contributed by atoms with Crippen molar-refractivity contribution in [2.75, 3.05) is 17.1 Å². The molecule has 1 aliphatic rings. The Balaban J connectivity index is 1.59. The van der Waals surface area contributed by atoms with Crippen molar-refractivity contribution in [1.29, 1.82) is 0 Å². The average molecular weight is 645 g/mol. The summed E-state index contributed by atoms with van der Waals surface area (Å²) < 4.78 is 26.8. The van der Waals surface area contributed by atoms with E-state index in [-0.39, 0.29) is 43.8 Å². The SMILES string of the molecule is Cc1ccc(Cl)cc1N(CCCC(=O)N(Cc1ccc(Cl)cc1)[C@@H](Cc1ccccc1)C(=O)NC1CCCC1)S(C)(=O)=O. The molecule has 1 N–H and O–H groups in total. The third-order valence-electron chi connectivity index (χ3n) is 7.83. The molecule has 1 aliphatic carbocycles. The first-order valence-electron chi connectivity index (χ1n) is 14.6. The highest BCUT2D eigenvalue weighted by molar-refractivity contribution is 7.92. The van der Waals surface area contributed by atoms with Gasteiger partial charge in [0.05, 0.1) is 11.9 Å². The number of rotatable bonds is 13. The lowest BCUT2D eigenvalue weighted by atomic mass is 10.0. The molecule has 10 heteroatoms. The molecule has 1 fully saturated rings. The van der Waals surface area contributed by atoms with Gasteiger partial charge in [-0.3, -0.25) is 13.9 Å². The zero-order valence-corrected chi connectivity index (χ0v) is 27.0. The van der Waals surface area contributed by atoms with Crippen LogP contribution in [-0.2, 0) is 32.6 Å². The summed E-state index contributed by atoms with van der Waals surface area (Å²) in [4.78, 5) is 29.5. The summed E-state index contributed by atoms with van der Waals surface area (Å²) in [6.45, 7) is 2.13. The molecular formula is C33H39Cl2N3O4S. The zero-order valence-electron chi connectivity index (χ0n) is 24.6. The number of hydrogen-bond acceptors (Lipinski definition) is 4. The summed E-state index contributed by atoms with van der Waals surface area (Å²) in [7, 11) is -3.64. The normalized spacial score (nSPS) is 14.3. The van der Waals surface area contributed by atoms with Crippen LogP contribution in [0.15, 0.2) is 72.8 Å². The highest BCUT2D eigenvalue weighted by atomic mass is 35.5. The molecule has 0 aliphatic heterocycles. The van der Waals surface area contributed by atoms with E-state index in [9.17, 15) is 18.0 Å². The van der Waals surface area contributed by atoms with Gasteiger partial charge in [-0.25, -0.2) is 8.42 Å². The molecule has 230 valence electrons. The highest BCUT2D eigenvalue weighted by Crippen LogP contribution is 2.27. The predicted molar refractivity (Wildman–Crippen MR) is 174 cm³/mol. The molecule has 1 atom stereocenters. The first-order valence-corrected chi connectivity index (χ1v) is 17.2. The molecule has 0 saturated heterocycles. The molecule has 0 spiro atoms. The second-order valence-corrected chi connectivity index (χ2v) is 14.0. The fourth-order valence-electron chi connectivity index (χ4n) is 5.54. The summed E-state index contributed by atoms with van der Waals surface area (Å²) in [5.74, 6) is -0.404. The van der Waals surface area contributed by atoms with E-state index in [2.05, 4.69) is 5.32 Å². The standard InChI is InChI=1S/C33H39Cl2N3O4S/c1-24-14-17-28(35)22-30(24)38(43(2,41)42)20-8-13-32(39)37(23-26-15-18-27(34)19-16-26)31(21-25-9-4-3-5-10-25)33(40)36-29-11-6-7-12-29/h3-5,9-10,14-19,22,29,31H,6-8,11-13,20-21,23H2,1-2H3,(H,36,40)/t31-/m0/s1. The molecule has 3 aromatic carbocycles. The quantitative estimate of drug-likeness (QED) is 0.229. The lowest BCUT2D eigenvalue weighted by molar-refractivity contribution is -0.141. The number of nitrogens with zero attached hydrogens (tertiary/aromatic N) is 2. The van der Waals surface area contributed by atoms with E-state index in [0.29, 0.717) is 22.2 Å². The highest BCUT2D eigenvalue weighted by Gasteiger charge is 2.32. The number of carbonyl (C=O) groups excluding carboxylic acids is 2. The summed E-state index contributed by atoms with van der Waals surface area (Å²) in [6, 6.07) is 21.4. The van der Waals surface area contributed by atoms with Crippen molar-refractivity contribution < 1.29 is 18.0 Å². The molecule has 0 radical (unpaired) electrons. The van der Waals surface area contributed by atoms with Crippen molar-refractivity contribution in [3.05, 3.63) is 99.5 Å². The second-order valence-electron chi connectivity index (χ2n) is 11.2. The monoisotopic (exact) mass is 643 g/mol. The number of hydrogen-bond donors (Lipinski definition) is 1. The van der Waals surface area contributed by atoms with Crippen LogP contribution in [0.2, 0.25) is 10.0 Å². The van der Waals surface area contributed by atoms with Gasteiger partial charge in [-0.1, -0.05) is 84.6 Å². The number of aryl methyl sites for hydroxylation is 1. The molecule has 0 bridgehead atoms. The molecule has 2 amide bonds. The summed E-state index contributed by atoms with van der Waals surface area (Å²) >= 11 is 12.3. The van der Waals surface area contributed by atoms with E-state index >= 15 is 0 Å². The number of carbonyl (C=O) groups is 2. The first-order chi connectivity index (χ1) is 20.5. The van der Waals surface area contributed by atoms with Gasteiger partial charge in [0.25, 0.3) is 0 Å². The van der Waals surface area contributed by atoms with Crippen LogP contribution < -0.4 is 9.62 Å². The summed E-state index contributed by atoms with van der Waals surface area (Å²) in [5, 5.41) is 4.21. The van der Waals surface area contributed by atoms with E-state index < -0.39 is 16.1 Å². The Labute approximate surface area is 265 Å². The molecule has 4 rings (SSSR count). The van der Waals surface area contributed by atoms with Gasteiger partial charge in [-0.15, -0.1) is 0 Å². The van der Waals surface area contributed by atoms with E-state index in [1.807, 2.05) is 49.4 Å². The van der Waals surface area contributed by atoms with Gasteiger partial charge >= 0.3 is 0 Å². The molecule has 0 unspecified atom stereocenters. The molecule has 0 aromatic heterocycles. The maximum atomic E-state index is 14.0. The van der Waals surface area contributed by atoms with Crippen LogP contribution in [0.5, 0.6) is 0 Å². The molecule has 0 heterocycles. The van der Waals surface area contributed by atoms with E-state index in [0.717, 1.165) is 48.6 Å². The van der Waals surface area contributed by atoms with Crippen LogP contribution in [0.4, 0.5) is 5.69 Å². The van der Waals surface area contributed by atoms with Crippen molar-refractivity contribution >= 4 is 50.7 Å². The van der Waals surface area contributed by atoms with E-state index in [4.69, 9.17) is 23.2 Å². The van der Waals surface area contributed by atoms with Gasteiger partial charge in [0.1, 0.15) is 6.04 Å². The van der Waals surface area contributed by atoms with Crippen LogP contribution >= 0.6 is 23.2 Å². The van der Waals surface area contributed by atoms with Crippen molar-refractivity contribution in [2.24, 2.45) is 0 Å². The molecule has 43 heavy (non-hydrogen) atoms. The van der Waals surface area contributed by atoms with Gasteiger partial charge in [0.2, 0.25) is 21.8 Å². The van der Waals surface area contributed by atoms with Crippen LogP contribution in [0, 0.1) is 6.92 Å². The van der Waals surface area contributed by atoms with Crippen LogP contribution in [0.25, 0.3) is 0 Å². The van der Waals surface area contributed by atoms with Crippen molar-refractivity contribution in [2.45, 2.75) is 70.5 Å². The minimum atomic E-state index is -3.64. The fourth-order valence-corrected chi connectivity index (χ4v) is 6.85. The average Bonchev–Trinajstić information content (AvgIpc) is 3.48. The zero-order chi connectivity index (χ0) is 31.0. The number of amides is 2. The van der Waals surface area contributed by atoms with Gasteiger partial charge in [0, 0.05) is 42.0 Å². The van der Waals surface area contributed by atoms with Crippen molar-refractivity contribution in [1.82, 2.24) is 10.2 Å². The molecular weight excluding hydrogens is 605 g/mol. The Morgan fingerprint density at radius 1 is 0.930 bits per heavy atom. The largest absolute Gasteiger partial charge is 0.352 e. The predicted octanol–water partition coefficient (Wildman–Crippen LogP) is 6.55. The van der Waals surface area contributed by atoms with Gasteiger partial charge < -0.3 is 10.2 Å². The maximum Gasteiger partial charge on any atom is 0.243 e. The van der Waals surface area contributed by atoms with E-state index in [1.54, 1.807) is 35.2 Å². The Morgan fingerprint density at radius 2 is 1.58 bits per heavy atom. The third kappa shape index (κ3) is 9.46. The lowest BCUT2D eigenvalue weighted by Crippen LogP contribution is -2.52. The number of anilines is 1. The van der Waals surface area contributed by atoms with Crippen LogP contribution in [0.3, 0.4) is 0 Å². The number of halogens is 2. The van der Waals surface area contributed by atoms with Gasteiger partial charge in [-0.2, -0.15) is 0 Å². The van der Waals surface area contributed by atoms with Crippen molar-refractivity contribution in [3.8, 4) is 0 Å². The molecule has 7 nitrogen and oxygen atoms in total. The van der Waals surface area contributed by atoms with E-state index in [1.165, 1.54) is 4.31 Å². The smallest absolute Gasteiger partial charge is 0.243 e. The Kier molecular flexibility index (Phi) is 11.5. The Morgan fingerprint density at radius 3 is 2.23 bits per heavy atom. The number of sulfonamides is 1. The molecule has 3 aromatic rings.